The zero-order valence-electron chi connectivity index (χ0n) is 22.2. The van der Waals surface area contributed by atoms with Gasteiger partial charge >= 0.3 is 5.97 Å². The van der Waals surface area contributed by atoms with E-state index in [1.165, 1.54) is 18.2 Å². The Labute approximate surface area is 224 Å². The van der Waals surface area contributed by atoms with Gasteiger partial charge in [-0.25, -0.2) is 17.6 Å². The second kappa shape index (κ2) is 12.8. The zero-order valence-corrected chi connectivity index (χ0v) is 22.2. The van der Waals surface area contributed by atoms with Crippen molar-refractivity contribution in [1.29, 1.82) is 0 Å². The van der Waals surface area contributed by atoms with Gasteiger partial charge in [0, 0.05) is 18.1 Å². The van der Waals surface area contributed by atoms with E-state index in [1.807, 2.05) is 45.9 Å². The Morgan fingerprint density at radius 3 is 2.10 bits per heavy atom. The lowest BCUT2D eigenvalue weighted by Crippen LogP contribution is -2.30. The summed E-state index contributed by atoms with van der Waals surface area (Å²) in [5.74, 6) is -7.54. The Morgan fingerprint density at radius 1 is 0.923 bits per heavy atom. The highest BCUT2D eigenvalue weighted by atomic mass is 19.2. The van der Waals surface area contributed by atoms with E-state index in [2.05, 4.69) is 5.32 Å². The van der Waals surface area contributed by atoms with Crippen LogP contribution in [0.2, 0.25) is 0 Å². The van der Waals surface area contributed by atoms with Gasteiger partial charge in [0.25, 0.3) is 5.91 Å². The van der Waals surface area contributed by atoms with Crippen molar-refractivity contribution < 1.29 is 37.0 Å². The maximum Gasteiger partial charge on any atom is 0.303 e. The summed E-state index contributed by atoms with van der Waals surface area (Å²) in [4.78, 5) is 24.7. The van der Waals surface area contributed by atoms with Crippen LogP contribution >= 0.6 is 0 Å². The van der Waals surface area contributed by atoms with Crippen molar-refractivity contribution in [3.8, 4) is 5.75 Å². The predicted octanol–water partition coefficient (Wildman–Crippen LogP) is 6.97. The highest BCUT2D eigenvalue weighted by Gasteiger charge is 2.22. The zero-order chi connectivity index (χ0) is 28.9. The quantitative estimate of drug-likeness (QED) is 0.202. The number of nitrogens with one attached hydrogen (secondary N) is 1. The Bertz CT molecular complexity index is 1330. The molecule has 0 aliphatic carbocycles. The molecule has 5 nitrogen and oxygen atoms in total. The number of hydrogen-bond donors (Lipinski definition) is 2. The van der Waals surface area contributed by atoms with Crippen molar-refractivity contribution in [1.82, 2.24) is 5.32 Å². The first-order valence-electron chi connectivity index (χ1n) is 12.5. The van der Waals surface area contributed by atoms with Crippen LogP contribution in [-0.2, 0) is 17.8 Å². The Kier molecular flexibility index (Phi) is 9.72. The number of rotatable bonds is 11. The van der Waals surface area contributed by atoms with Gasteiger partial charge in [-0.05, 0) is 55.9 Å². The Morgan fingerprint density at radius 2 is 1.54 bits per heavy atom. The molecule has 1 atom stereocenters. The molecule has 208 valence electrons. The lowest BCUT2D eigenvalue weighted by Gasteiger charge is -2.23. The first-order chi connectivity index (χ1) is 18.3. The largest absolute Gasteiger partial charge is 0.489 e. The normalized spacial score (nSPS) is 11.9. The molecular formula is C30H31F4NO4. The van der Waals surface area contributed by atoms with Crippen molar-refractivity contribution in [2.24, 2.45) is 5.92 Å². The molecule has 0 aliphatic heterocycles. The average Bonchev–Trinajstić information content (AvgIpc) is 2.85. The van der Waals surface area contributed by atoms with E-state index in [9.17, 15) is 27.2 Å². The number of hydrogen-bond acceptors (Lipinski definition) is 3. The number of ether oxygens (including phenoxy) is 1. The van der Waals surface area contributed by atoms with Crippen LogP contribution in [0.5, 0.6) is 5.75 Å². The second-order valence-electron chi connectivity index (χ2n) is 10.0. The second-order valence-corrected chi connectivity index (χ2v) is 10.0. The maximum absolute atomic E-state index is 14.1. The van der Waals surface area contributed by atoms with Crippen LogP contribution in [0.25, 0.3) is 0 Å². The molecule has 2 N–H and O–H groups in total. The molecule has 3 aromatic rings. The van der Waals surface area contributed by atoms with Crippen molar-refractivity contribution in [3.63, 3.8) is 0 Å². The Balaban J connectivity index is 1.93. The average molecular weight is 546 g/mol. The van der Waals surface area contributed by atoms with Crippen LogP contribution in [-0.4, -0.2) is 17.0 Å². The molecule has 0 aliphatic rings. The van der Waals surface area contributed by atoms with Crippen LogP contribution in [0.4, 0.5) is 17.6 Å². The van der Waals surface area contributed by atoms with E-state index in [1.54, 1.807) is 0 Å². The summed E-state index contributed by atoms with van der Waals surface area (Å²) in [6, 6.07) is 9.99. The monoisotopic (exact) mass is 545 g/mol. The molecule has 1 unspecified atom stereocenters. The molecule has 39 heavy (non-hydrogen) atoms. The summed E-state index contributed by atoms with van der Waals surface area (Å²) in [6.07, 6.45) is 0.458. The van der Waals surface area contributed by atoms with Gasteiger partial charge in [0.05, 0.1) is 11.6 Å². The number of carboxylic acids is 1. The first kappa shape index (κ1) is 29.7. The maximum atomic E-state index is 14.1. The molecule has 0 saturated heterocycles. The van der Waals surface area contributed by atoms with Gasteiger partial charge in [0.2, 0.25) is 0 Å². The fraction of sp³-hybridized carbons (Fsp3) is 0.333. The van der Waals surface area contributed by atoms with Gasteiger partial charge in [0.1, 0.15) is 12.4 Å². The molecule has 1 amide bonds. The molecule has 9 heteroatoms. The first-order valence-corrected chi connectivity index (χ1v) is 12.5. The predicted molar refractivity (Wildman–Crippen MR) is 139 cm³/mol. The van der Waals surface area contributed by atoms with E-state index in [4.69, 9.17) is 9.84 Å². The topological polar surface area (TPSA) is 75.6 Å². The van der Waals surface area contributed by atoms with E-state index >= 15 is 0 Å². The van der Waals surface area contributed by atoms with Crippen molar-refractivity contribution in [2.75, 3.05) is 0 Å². The third-order valence-corrected chi connectivity index (χ3v) is 6.18. The minimum Gasteiger partial charge on any atom is -0.489 e. The lowest BCUT2D eigenvalue weighted by atomic mass is 9.93. The van der Waals surface area contributed by atoms with E-state index in [0.29, 0.717) is 12.0 Å². The van der Waals surface area contributed by atoms with E-state index < -0.39 is 47.3 Å². The number of amides is 1. The number of halogens is 4. The summed E-state index contributed by atoms with van der Waals surface area (Å²) >= 11 is 0. The molecule has 3 aromatic carbocycles. The van der Waals surface area contributed by atoms with Gasteiger partial charge in [-0.2, -0.15) is 0 Å². The van der Waals surface area contributed by atoms with Crippen LogP contribution in [0.3, 0.4) is 0 Å². The van der Waals surface area contributed by atoms with E-state index in [0.717, 1.165) is 16.7 Å². The van der Waals surface area contributed by atoms with Gasteiger partial charge in [-0.15, -0.1) is 0 Å². The fourth-order valence-corrected chi connectivity index (χ4v) is 4.42. The molecule has 0 radical (unpaired) electrons. The summed E-state index contributed by atoms with van der Waals surface area (Å²) in [7, 11) is 0. The number of benzene rings is 3. The molecule has 0 aromatic heterocycles. The molecule has 0 fully saturated rings. The molecule has 0 spiro atoms. The summed E-state index contributed by atoms with van der Waals surface area (Å²) in [6.45, 7) is 7.15. The number of carbonyl (C=O) groups is 2. The number of carbonyl (C=O) groups excluding carboxylic acids is 1. The van der Waals surface area contributed by atoms with Crippen LogP contribution in [0.1, 0.15) is 70.9 Å². The van der Waals surface area contributed by atoms with Crippen LogP contribution in [0, 0.1) is 43.0 Å². The third-order valence-electron chi connectivity index (χ3n) is 6.18. The molecular weight excluding hydrogens is 514 g/mol. The number of aliphatic carboxylic acids is 1. The third kappa shape index (κ3) is 7.81. The SMILES string of the molecule is Cc1cc(C)cc(C(CC(C)C)NC(=O)c2cc(OCc3c(F)c(F)cc(F)c3F)ccc2CCC(=O)O)c1. The fourth-order valence-electron chi connectivity index (χ4n) is 4.42. The summed E-state index contributed by atoms with van der Waals surface area (Å²) < 4.78 is 60.7. The minimum atomic E-state index is -1.57. The van der Waals surface area contributed by atoms with Crippen LogP contribution in [0.15, 0.2) is 42.5 Å². The van der Waals surface area contributed by atoms with E-state index in [-0.39, 0.29) is 42.2 Å². The Hall–Kier alpha value is -3.88. The van der Waals surface area contributed by atoms with Gasteiger partial charge in [-0.3, -0.25) is 9.59 Å². The summed E-state index contributed by atoms with van der Waals surface area (Å²) in [5, 5.41) is 12.2. The standard InChI is InChI=1S/C30H31F4NO4/c1-16(2)9-26(20-11-17(3)10-18(4)12-20)35-30(38)22-13-21(7-5-19(22)6-8-27(36)37)39-15-23-28(33)24(31)14-25(32)29(23)34/h5,7,10-14,16,26H,6,8-9,15H2,1-4H3,(H,35,38)(H,36,37). The number of carboxylic acid groups (broad SMARTS) is 1. The van der Waals surface area contributed by atoms with Gasteiger partial charge in [-0.1, -0.05) is 49.2 Å². The number of aryl methyl sites for hydroxylation is 3. The van der Waals surface area contributed by atoms with Crippen molar-refractivity contribution >= 4 is 11.9 Å². The van der Waals surface area contributed by atoms with Gasteiger partial charge < -0.3 is 15.2 Å². The lowest BCUT2D eigenvalue weighted by molar-refractivity contribution is -0.136. The molecule has 0 bridgehead atoms. The minimum absolute atomic E-state index is 0.00880. The highest BCUT2D eigenvalue weighted by molar-refractivity contribution is 5.96. The van der Waals surface area contributed by atoms with Crippen LogP contribution < -0.4 is 10.1 Å². The molecule has 3 rings (SSSR count). The van der Waals surface area contributed by atoms with Crippen molar-refractivity contribution in [3.05, 3.63) is 99.1 Å². The molecule has 0 saturated carbocycles. The highest BCUT2D eigenvalue weighted by Crippen LogP contribution is 2.27. The van der Waals surface area contributed by atoms with Gasteiger partial charge in [0.15, 0.2) is 23.3 Å². The molecule has 0 heterocycles. The van der Waals surface area contributed by atoms with Crippen molar-refractivity contribution in [2.45, 2.75) is 59.6 Å². The summed E-state index contributed by atoms with van der Waals surface area (Å²) in [5.41, 5.74) is 2.63. The smallest absolute Gasteiger partial charge is 0.303 e.